The fourth-order valence-corrected chi connectivity index (χ4v) is 1.76. The third-order valence-electron chi connectivity index (χ3n) is 3.52. The fraction of sp³-hybridized carbons (Fsp3) is 0.625. The Morgan fingerprint density at radius 1 is 1.18 bits per heavy atom. The maximum absolute atomic E-state index is 2.38. The molecule has 0 radical (unpaired) electrons. The molecule has 0 aliphatic carbocycles. The highest BCUT2D eigenvalue weighted by Crippen LogP contribution is 2.25. The number of nitrogens with zero attached hydrogens (tertiary/aromatic N) is 1. The summed E-state index contributed by atoms with van der Waals surface area (Å²) in [6.45, 7) is 14.5. The first kappa shape index (κ1) is 14.2. The molecule has 0 fully saturated rings. The first-order valence-corrected chi connectivity index (χ1v) is 6.52. The van der Waals surface area contributed by atoms with Crippen molar-refractivity contribution in [3.8, 4) is 0 Å². The van der Waals surface area contributed by atoms with Crippen LogP contribution in [0.5, 0.6) is 0 Å². The Bertz CT molecular complexity index is 372. The van der Waals surface area contributed by atoms with Crippen LogP contribution in [0.2, 0.25) is 0 Å². The van der Waals surface area contributed by atoms with E-state index in [0.29, 0.717) is 6.04 Å². The van der Waals surface area contributed by atoms with Gasteiger partial charge in [0.1, 0.15) is 0 Å². The molecule has 0 aliphatic rings. The molecular formula is C16H27N. The van der Waals surface area contributed by atoms with Crippen molar-refractivity contribution < 1.29 is 0 Å². The summed E-state index contributed by atoms with van der Waals surface area (Å²) in [7, 11) is 2.19. The summed E-state index contributed by atoms with van der Waals surface area (Å²) in [5, 5.41) is 0. The molecule has 0 aliphatic heterocycles. The summed E-state index contributed by atoms with van der Waals surface area (Å²) in [5.41, 5.74) is 4.51. The van der Waals surface area contributed by atoms with Crippen LogP contribution in [0.25, 0.3) is 0 Å². The van der Waals surface area contributed by atoms with Gasteiger partial charge >= 0.3 is 0 Å². The quantitative estimate of drug-likeness (QED) is 0.758. The zero-order valence-electron chi connectivity index (χ0n) is 12.5. The third-order valence-corrected chi connectivity index (χ3v) is 3.52. The summed E-state index contributed by atoms with van der Waals surface area (Å²) < 4.78 is 0. The Labute approximate surface area is 107 Å². The van der Waals surface area contributed by atoms with E-state index >= 15 is 0 Å². The molecule has 0 bridgehead atoms. The van der Waals surface area contributed by atoms with Crippen LogP contribution < -0.4 is 0 Å². The lowest BCUT2D eigenvalue weighted by molar-refractivity contribution is 0.265. The molecule has 0 unspecified atom stereocenters. The minimum Gasteiger partial charge on any atom is -0.300 e. The molecule has 96 valence electrons. The van der Waals surface area contributed by atoms with Crippen molar-refractivity contribution in [3.05, 3.63) is 34.9 Å². The maximum Gasteiger partial charge on any atom is 0.0236 e. The molecule has 1 aromatic rings. The van der Waals surface area contributed by atoms with E-state index < -0.39 is 0 Å². The molecular weight excluding hydrogens is 206 g/mol. The van der Waals surface area contributed by atoms with Gasteiger partial charge in [0.2, 0.25) is 0 Å². The number of aryl methyl sites for hydroxylation is 1. The summed E-state index contributed by atoms with van der Waals surface area (Å²) >= 11 is 0. The minimum atomic E-state index is 0.235. The highest BCUT2D eigenvalue weighted by Gasteiger charge is 2.15. The molecule has 0 aromatic heterocycles. The average molecular weight is 233 g/mol. The second-order valence-electron chi connectivity index (χ2n) is 6.40. The standard InChI is InChI=1S/C16H27N/c1-12(2)17(7)11-14-10-15(16(4,5)6)9-8-13(14)3/h8-10,12H,11H2,1-7H3. The van der Waals surface area contributed by atoms with Gasteiger partial charge in [0.05, 0.1) is 0 Å². The second kappa shape index (κ2) is 5.22. The molecule has 0 heterocycles. The zero-order valence-corrected chi connectivity index (χ0v) is 12.5. The number of hydrogen-bond donors (Lipinski definition) is 0. The van der Waals surface area contributed by atoms with Gasteiger partial charge < -0.3 is 0 Å². The van der Waals surface area contributed by atoms with E-state index in [2.05, 4.69) is 71.7 Å². The lowest BCUT2D eigenvalue weighted by Gasteiger charge is -2.25. The van der Waals surface area contributed by atoms with Gasteiger partial charge in [0.15, 0.2) is 0 Å². The molecule has 0 N–H and O–H groups in total. The Morgan fingerprint density at radius 2 is 1.76 bits per heavy atom. The van der Waals surface area contributed by atoms with Gasteiger partial charge in [-0.15, -0.1) is 0 Å². The average Bonchev–Trinajstić information content (AvgIpc) is 2.19. The largest absolute Gasteiger partial charge is 0.300 e. The number of hydrogen-bond acceptors (Lipinski definition) is 1. The van der Waals surface area contributed by atoms with E-state index in [0.717, 1.165) is 6.54 Å². The van der Waals surface area contributed by atoms with E-state index in [-0.39, 0.29) is 5.41 Å². The molecule has 0 saturated heterocycles. The van der Waals surface area contributed by atoms with Crippen molar-refractivity contribution in [2.24, 2.45) is 0 Å². The zero-order chi connectivity index (χ0) is 13.2. The van der Waals surface area contributed by atoms with E-state index in [4.69, 9.17) is 0 Å². The summed E-state index contributed by atoms with van der Waals surface area (Å²) in [4.78, 5) is 2.38. The van der Waals surface area contributed by atoms with Crippen LogP contribution in [-0.4, -0.2) is 18.0 Å². The van der Waals surface area contributed by atoms with Crippen LogP contribution in [0, 0.1) is 6.92 Å². The van der Waals surface area contributed by atoms with Crippen molar-refractivity contribution in [3.63, 3.8) is 0 Å². The van der Waals surface area contributed by atoms with Crippen LogP contribution in [0.3, 0.4) is 0 Å². The van der Waals surface area contributed by atoms with Gasteiger partial charge in [0.25, 0.3) is 0 Å². The highest BCUT2D eigenvalue weighted by atomic mass is 15.1. The van der Waals surface area contributed by atoms with Crippen molar-refractivity contribution in [1.29, 1.82) is 0 Å². The van der Waals surface area contributed by atoms with Crippen LogP contribution in [0.15, 0.2) is 18.2 Å². The van der Waals surface area contributed by atoms with Gasteiger partial charge in [-0.25, -0.2) is 0 Å². The smallest absolute Gasteiger partial charge is 0.0236 e. The molecule has 0 atom stereocenters. The normalized spacial score (nSPS) is 12.5. The predicted octanol–water partition coefficient (Wildman–Crippen LogP) is 4.13. The topological polar surface area (TPSA) is 3.24 Å². The Hall–Kier alpha value is -0.820. The van der Waals surface area contributed by atoms with Gasteiger partial charge in [-0.05, 0) is 49.9 Å². The van der Waals surface area contributed by atoms with Gasteiger partial charge in [-0.2, -0.15) is 0 Å². The molecule has 1 aromatic carbocycles. The van der Waals surface area contributed by atoms with Gasteiger partial charge in [0, 0.05) is 12.6 Å². The Kier molecular flexibility index (Phi) is 4.37. The van der Waals surface area contributed by atoms with E-state index in [1.54, 1.807) is 0 Å². The molecule has 17 heavy (non-hydrogen) atoms. The lowest BCUT2D eigenvalue weighted by Crippen LogP contribution is -2.26. The van der Waals surface area contributed by atoms with E-state index in [9.17, 15) is 0 Å². The SMILES string of the molecule is Cc1ccc(C(C)(C)C)cc1CN(C)C(C)C. The van der Waals surface area contributed by atoms with Crippen LogP contribution >= 0.6 is 0 Å². The van der Waals surface area contributed by atoms with E-state index in [1.807, 2.05) is 0 Å². The summed E-state index contributed by atoms with van der Waals surface area (Å²) in [6.07, 6.45) is 0. The van der Waals surface area contributed by atoms with Crippen LogP contribution in [0.4, 0.5) is 0 Å². The summed E-state index contributed by atoms with van der Waals surface area (Å²) in [5.74, 6) is 0. The van der Waals surface area contributed by atoms with Crippen LogP contribution in [0.1, 0.15) is 51.3 Å². The molecule has 0 saturated carbocycles. The van der Waals surface area contributed by atoms with Crippen LogP contribution in [-0.2, 0) is 12.0 Å². The second-order valence-corrected chi connectivity index (χ2v) is 6.40. The first-order valence-electron chi connectivity index (χ1n) is 6.52. The molecule has 0 amide bonds. The fourth-order valence-electron chi connectivity index (χ4n) is 1.76. The lowest BCUT2D eigenvalue weighted by atomic mass is 9.85. The Balaban J connectivity index is 2.99. The molecule has 1 nitrogen and oxygen atoms in total. The van der Waals surface area contributed by atoms with Crippen molar-refractivity contribution in [1.82, 2.24) is 4.90 Å². The number of rotatable bonds is 3. The molecule has 1 rings (SSSR count). The van der Waals surface area contributed by atoms with Gasteiger partial charge in [-0.3, -0.25) is 4.90 Å². The van der Waals surface area contributed by atoms with Crippen molar-refractivity contribution in [2.45, 2.75) is 59.5 Å². The highest BCUT2D eigenvalue weighted by molar-refractivity contribution is 5.34. The molecule has 0 spiro atoms. The summed E-state index contributed by atoms with van der Waals surface area (Å²) in [6, 6.07) is 7.47. The monoisotopic (exact) mass is 233 g/mol. The first-order chi connectivity index (χ1) is 7.71. The molecule has 1 heteroatoms. The van der Waals surface area contributed by atoms with Crippen molar-refractivity contribution >= 4 is 0 Å². The predicted molar refractivity (Wildman–Crippen MR) is 76.5 cm³/mol. The maximum atomic E-state index is 2.38. The Morgan fingerprint density at radius 3 is 2.24 bits per heavy atom. The minimum absolute atomic E-state index is 0.235. The van der Waals surface area contributed by atoms with Gasteiger partial charge in [-0.1, -0.05) is 39.0 Å². The number of benzene rings is 1. The van der Waals surface area contributed by atoms with E-state index in [1.165, 1.54) is 16.7 Å². The van der Waals surface area contributed by atoms with Crippen molar-refractivity contribution in [2.75, 3.05) is 7.05 Å². The third kappa shape index (κ3) is 3.85.